The molecule has 0 spiro atoms. The van der Waals surface area contributed by atoms with Gasteiger partial charge in [0.1, 0.15) is 5.60 Å². The van der Waals surface area contributed by atoms with E-state index in [-0.39, 0.29) is 11.0 Å². The molecule has 0 aromatic carbocycles. The molecule has 0 saturated carbocycles. The van der Waals surface area contributed by atoms with Crippen LogP contribution in [0.4, 0.5) is 0 Å². The smallest absolute Gasteiger partial charge is 0.101 e. The van der Waals surface area contributed by atoms with Gasteiger partial charge < -0.3 is 5.11 Å². The first-order valence-corrected chi connectivity index (χ1v) is 4.74. The average Bonchev–Trinajstić information content (AvgIpc) is 1.79. The van der Waals surface area contributed by atoms with Crippen LogP contribution in [0.1, 0.15) is 48.5 Å². The SMILES string of the molecule is CC(C)(C)/N=C/C(C)(O)C(C)(C)C. The zero-order valence-corrected chi connectivity index (χ0v) is 9.97. The van der Waals surface area contributed by atoms with Crippen molar-refractivity contribution in [1.82, 2.24) is 0 Å². The number of aliphatic imine (C=N–C) groups is 1. The van der Waals surface area contributed by atoms with Gasteiger partial charge in [0, 0.05) is 6.21 Å². The molecule has 0 heterocycles. The van der Waals surface area contributed by atoms with Crippen LogP contribution in [0.5, 0.6) is 0 Å². The summed E-state index contributed by atoms with van der Waals surface area (Å²) in [5.74, 6) is 0. The Labute approximate surface area is 82.1 Å². The minimum absolute atomic E-state index is 0.116. The Morgan fingerprint density at radius 2 is 1.31 bits per heavy atom. The van der Waals surface area contributed by atoms with E-state index in [1.807, 2.05) is 41.5 Å². The summed E-state index contributed by atoms with van der Waals surface area (Å²) in [6.07, 6.45) is 1.66. The molecule has 1 atom stereocenters. The molecule has 0 saturated heterocycles. The van der Waals surface area contributed by atoms with Crippen molar-refractivity contribution in [3.05, 3.63) is 0 Å². The van der Waals surface area contributed by atoms with E-state index in [1.54, 1.807) is 13.1 Å². The molecular formula is C11H23NO. The molecular weight excluding hydrogens is 162 g/mol. The van der Waals surface area contributed by atoms with Gasteiger partial charge in [-0.15, -0.1) is 0 Å². The van der Waals surface area contributed by atoms with Gasteiger partial charge in [0.15, 0.2) is 0 Å². The third-order valence-electron chi connectivity index (χ3n) is 2.22. The van der Waals surface area contributed by atoms with E-state index in [0.29, 0.717) is 0 Å². The molecule has 0 aromatic heterocycles. The molecule has 0 bridgehead atoms. The van der Waals surface area contributed by atoms with Gasteiger partial charge in [-0.1, -0.05) is 20.8 Å². The van der Waals surface area contributed by atoms with Crippen molar-refractivity contribution in [2.75, 3.05) is 0 Å². The minimum atomic E-state index is -0.847. The Morgan fingerprint density at radius 1 is 0.923 bits per heavy atom. The molecule has 1 unspecified atom stereocenters. The maximum atomic E-state index is 10.1. The van der Waals surface area contributed by atoms with Gasteiger partial charge in [0.25, 0.3) is 0 Å². The van der Waals surface area contributed by atoms with Crippen LogP contribution in [-0.2, 0) is 0 Å². The van der Waals surface area contributed by atoms with Crippen molar-refractivity contribution in [1.29, 1.82) is 0 Å². The molecule has 0 fully saturated rings. The summed E-state index contributed by atoms with van der Waals surface area (Å²) >= 11 is 0. The van der Waals surface area contributed by atoms with Crippen LogP contribution in [-0.4, -0.2) is 22.5 Å². The van der Waals surface area contributed by atoms with E-state index in [9.17, 15) is 5.11 Å². The zero-order valence-electron chi connectivity index (χ0n) is 9.97. The first-order valence-electron chi connectivity index (χ1n) is 4.74. The predicted octanol–water partition coefficient (Wildman–Crippen LogP) is 2.65. The molecule has 2 nitrogen and oxygen atoms in total. The molecule has 0 aliphatic heterocycles. The molecule has 78 valence electrons. The lowest BCUT2D eigenvalue weighted by atomic mass is 9.78. The van der Waals surface area contributed by atoms with Crippen LogP contribution in [0, 0.1) is 5.41 Å². The van der Waals surface area contributed by atoms with E-state index in [2.05, 4.69) is 4.99 Å². The van der Waals surface area contributed by atoms with E-state index < -0.39 is 5.60 Å². The van der Waals surface area contributed by atoms with Crippen molar-refractivity contribution in [2.45, 2.75) is 59.6 Å². The molecule has 0 radical (unpaired) electrons. The van der Waals surface area contributed by atoms with Gasteiger partial charge in [-0.05, 0) is 33.1 Å². The highest BCUT2D eigenvalue weighted by Crippen LogP contribution is 2.28. The summed E-state index contributed by atoms with van der Waals surface area (Å²) in [6.45, 7) is 13.8. The minimum Gasteiger partial charge on any atom is -0.384 e. The van der Waals surface area contributed by atoms with Crippen LogP contribution in [0.15, 0.2) is 4.99 Å². The van der Waals surface area contributed by atoms with Gasteiger partial charge in [0.05, 0.1) is 5.54 Å². The second-order valence-electron chi connectivity index (χ2n) is 5.83. The van der Waals surface area contributed by atoms with Crippen molar-refractivity contribution in [3.8, 4) is 0 Å². The Morgan fingerprint density at radius 3 is 1.54 bits per heavy atom. The molecule has 0 amide bonds. The fraction of sp³-hybridized carbons (Fsp3) is 0.909. The molecule has 0 aliphatic rings. The highest BCUT2D eigenvalue weighted by Gasteiger charge is 2.33. The highest BCUT2D eigenvalue weighted by molar-refractivity contribution is 5.69. The summed E-state index contributed by atoms with van der Waals surface area (Å²) < 4.78 is 0. The monoisotopic (exact) mass is 185 g/mol. The summed E-state index contributed by atoms with van der Waals surface area (Å²) in [4.78, 5) is 4.32. The fourth-order valence-electron chi connectivity index (χ4n) is 0.513. The van der Waals surface area contributed by atoms with Crippen molar-refractivity contribution in [3.63, 3.8) is 0 Å². The van der Waals surface area contributed by atoms with Gasteiger partial charge in [-0.25, -0.2) is 0 Å². The molecule has 0 aromatic rings. The Hall–Kier alpha value is -0.370. The van der Waals surface area contributed by atoms with Gasteiger partial charge >= 0.3 is 0 Å². The van der Waals surface area contributed by atoms with E-state index in [4.69, 9.17) is 0 Å². The summed E-state index contributed by atoms with van der Waals surface area (Å²) in [6, 6.07) is 0. The topological polar surface area (TPSA) is 32.6 Å². The van der Waals surface area contributed by atoms with E-state index in [1.165, 1.54) is 0 Å². The molecule has 1 N–H and O–H groups in total. The quantitative estimate of drug-likeness (QED) is 0.626. The summed E-state index contributed by atoms with van der Waals surface area (Å²) in [7, 11) is 0. The third-order valence-corrected chi connectivity index (χ3v) is 2.22. The first kappa shape index (κ1) is 12.6. The van der Waals surface area contributed by atoms with Crippen molar-refractivity contribution >= 4 is 6.21 Å². The average molecular weight is 185 g/mol. The lowest BCUT2D eigenvalue weighted by molar-refractivity contribution is 0.0266. The predicted molar refractivity (Wildman–Crippen MR) is 58.3 cm³/mol. The number of rotatable bonds is 1. The van der Waals surface area contributed by atoms with E-state index >= 15 is 0 Å². The zero-order chi connectivity index (χ0) is 10.9. The highest BCUT2D eigenvalue weighted by atomic mass is 16.3. The summed E-state index contributed by atoms with van der Waals surface area (Å²) in [5, 5.41) is 10.1. The Kier molecular flexibility index (Phi) is 3.31. The maximum Gasteiger partial charge on any atom is 0.101 e. The van der Waals surface area contributed by atoms with E-state index in [0.717, 1.165) is 0 Å². The third kappa shape index (κ3) is 4.41. The number of aliphatic hydroxyl groups is 1. The lowest BCUT2D eigenvalue weighted by Crippen LogP contribution is -2.41. The number of nitrogens with zero attached hydrogens (tertiary/aromatic N) is 1. The van der Waals surface area contributed by atoms with Crippen molar-refractivity contribution in [2.24, 2.45) is 10.4 Å². The molecule has 13 heavy (non-hydrogen) atoms. The first-order chi connectivity index (χ1) is 5.46. The number of hydrogen-bond donors (Lipinski definition) is 1. The second kappa shape index (κ2) is 3.41. The van der Waals surface area contributed by atoms with Crippen LogP contribution >= 0.6 is 0 Å². The molecule has 2 heteroatoms. The lowest BCUT2D eigenvalue weighted by Gasteiger charge is -2.34. The fourth-order valence-corrected chi connectivity index (χ4v) is 0.513. The Balaban J connectivity index is 4.62. The standard InChI is InChI=1S/C11H23NO/c1-9(2,3)11(7,13)8-12-10(4,5)6/h8,13H,1-7H3/b12-8+. The van der Waals surface area contributed by atoms with Gasteiger partial charge in [-0.2, -0.15) is 0 Å². The van der Waals surface area contributed by atoms with Crippen molar-refractivity contribution < 1.29 is 5.11 Å². The van der Waals surface area contributed by atoms with Gasteiger partial charge in [-0.3, -0.25) is 4.99 Å². The van der Waals surface area contributed by atoms with Crippen LogP contribution in [0.25, 0.3) is 0 Å². The number of hydrogen-bond acceptors (Lipinski definition) is 2. The summed E-state index contributed by atoms with van der Waals surface area (Å²) in [5.41, 5.74) is -1.14. The normalized spacial score (nSPS) is 19.1. The maximum absolute atomic E-state index is 10.1. The van der Waals surface area contributed by atoms with Crippen LogP contribution in [0.2, 0.25) is 0 Å². The molecule has 0 rings (SSSR count). The Bertz CT molecular complexity index is 191. The largest absolute Gasteiger partial charge is 0.384 e. The van der Waals surface area contributed by atoms with Gasteiger partial charge in [0.2, 0.25) is 0 Å². The van der Waals surface area contributed by atoms with Crippen LogP contribution in [0.3, 0.4) is 0 Å². The molecule has 0 aliphatic carbocycles. The van der Waals surface area contributed by atoms with Crippen LogP contribution < -0.4 is 0 Å². The second-order valence-corrected chi connectivity index (χ2v) is 5.83.